The Morgan fingerprint density at radius 3 is 2.79 bits per heavy atom. The standard InChI is InChI=1S/C16H13ClN4O3/c1-20-14-5-3-2-4-13(14)19-15(20)9-18-16(22)11-8-10(21(23)24)6-7-12(11)17/h2-8H,9H2,1H3,(H,18,22). The SMILES string of the molecule is Cn1c(CNC(=O)c2cc([N+](=O)[O-])ccc2Cl)nc2ccccc21. The molecule has 0 bridgehead atoms. The van der Waals surface area contributed by atoms with Crippen LogP contribution in [0.15, 0.2) is 42.5 Å². The maximum absolute atomic E-state index is 12.3. The first kappa shape index (κ1) is 15.9. The molecule has 122 valence electrons. The summed E-state index contributed by atoms with van der Waals surface area (Å²) >= 11 is 5.97. The van der Waals surface area contributed by atoms with Gasteiger partial charge in [-0.3, -0.25) is 14.9 Å². The first-order valence-corrected chi connectivity index (χ1v) is 7.47. The van der Waals surface area contributed by atoms with Gasteiger partial charge in [-0.15, -0.1) is 0 Å². The Labute approximate surface area is 142 Å². The number of non-ortho nitro benzene ring substituents is 1. The highest BCUT2D eigenvalue weighted by Crippen LogP contribution is 2.22. The number of fused-ring (bicyclic) bond motifs is 1. The van der Waals surface area contributed by atoms with Crippen molar-refractivity contribution in [2.24, 2.45) is 7.05 Å². The van der Waals surface area contributed by atoms with Gasteiger partial charge in [-0.2, -0.15) is 0 Å². The van der Waals surface area contributed by atoms with Crippen molar-refractivity contribution in [2.75, 3.05) is 0 Å². The smallest absolute Gasteiger partial charge is 0.270 e. The number of benzene rings is 2. The molecule has 0 aliphatic carbocycles. The minimum Gasteiger partial charge on any atom is -0.345 e. The fraction of sp³-hybridized carbons (Fsp3) is 0.125. The van der Waals surface area contributed by atoms with E-state index in [9.17, 15) is 14.9 Å². The summed E-state index contributed by atoms with van der Waals surface area (Å²) in [6, 6.07) is 11.4. The molecular weight excluding hydrogens is 332 g/mol. The van der Waals surface area contributed by atoms with Crippen LogP contribution < -0.4 is 5.32 Å². The molecule has 3 rings (SSSR count). The maximum atomic E-state index is 12.3. The number of rotatable bonds is 4. The van der Waals surface area contributed by atoms with Gasteiger partial charge in [0.15, 0.2) is 0 Å². The third kappa shape index (κ3) is 2.93. The van der Waals surface area contributed by atoms with Crippen molar-refractivity contribution in [2.45, 2.75) is 6.54 Å². The second kappa shape index (κ2) is 6.29. The number of carbonyl (C=O) groups excluding carboxylic acids is 1. The van der Waals surface area contributed by atoms with Gasteiger partial charge in [-0.05, 0) is 18.2 Å². The zero-order chi connectivity index (χ0) is 17.3. The van der Waals surface area contributed by atoms with Crippen LogP contribution >= 0.6 is 11.6 Å². The molecule has 24 heavy (non-hydrogen) atoms. The Balaban J connectivity index is 1.81. The fourth-order valence-corrected chi connectivity index (χ4v) is 2.61. The summed E-state index contributed by atoms with van der Waals surface area (Å²) in [5.74, 6) is 0.182. The van der Waals surface area contributed by atoms with E-state index < -0.39 is 10.8 Å². The largest absolute Gasteiger partial charge is 0.345 e. The van der Waals surface area contributed by atoms with Gasteiger partial charge in [-0.25, -0.2) is 4.98 Å². The van der Waals surface area contributed by atoms with Gasteiger partial charge in [-0.1, -0.05) is 23.7 Å². The van der Waals surface area contributed by atoms with E-state index >= 15 is 0 Å². The number of hydrogen-bond acceptors (Lipinski definition) is 4. The highest BCUT2D eigenvalue weighted by Gasteiger charge is 2.16. The van der Waals surface area contributed by atoms with Crippen molar-refractivity contribution >= 4 is 34.2 Å². The van der Waals surface area contributed by atoms with Gasteiger partial charge in [0, 0.05) is 19.2 Å². The minimum absolute atomic E-state index is 0.0598. The number of nitrogens with zero attached hydrogens (tertiary/aromatic N) is 3. The van der Waals surface area contributed by atoms with Crippen LogP contribution in [0, 0.1) is 10.1 Å². The lowest BCUT2D eigenvalue weighted by molar-refractivity contribution is -0.384. The number of halogens is 1. The molecule has 7 nitrogen and oxygen atoms in total. The van der Waals surface area contributed by atoms with Crippen molar-refractivity contribution in [3.8, 4) is 0 Å². The minimum atomic E-state index is -0.571. The molecular formula is C16H13ClN4O3. The topological polar surface area (TPSA) is 90.1 Å². The molecule has 2 aromatic carbocycles. The molecule has 3 aromatic rings. The molecule has 0 spiro atoms. The van der Waals surface area contributed by atoms with Gasteiger partial charge in [0.2, 0.25) is 0 Å². The molecule has 0 saturated heterocycles. The van der Waals surface area contributed by atoms with E-state index in [1.807, 2.05) is 35.9 Å². The number of para-hydroxylation sites is 2. The van der Waals surface area contributed by atoms with Crippen LogP contribution in [0.25, 0.3) is 11.0 Å². The molecule has 1 amide bonds. The van der Waals surface area contributed by atoms with Gasteiger partial charge >= 0.3 is 0 Å². The Bertz CT molecular complexity index is 952. The Hall–Kier alpha value is -2.93. The summed E-state index contributed by atoms with van der Waals surface area (Å²) in [4.78, 5) is 27.0. The molecule has 0 aliphatic heterocycles. The highest BCUT2D eigenvalue weighted by molar-refractivity contribution is 6.33. The molecule has 1 heterocycles. The summed E-state index contributed by atoms with van der Waals surface area (Å²) in [6.07, 6.45) is 0. The number of aromatic nitrogens is 2. The van der Waals surface area contributed by atoms with Crippen molar-refractivity contribution in [3.63, 3.8) is 0 Å². The molecule has 0 radical (unpaired) electrons. The van der Waals surface area contributed by atoms with Crippen molar-refractivity contribution < 1.29 is 9.72 Å². The van der Waals surface area contributed by atoms with Crippen LogP contribution in [0.1, 0.15) is 16.2 Å². The van der Waals surface area contributed by atoms with E-state index in [4.69, 9.17) is 11.6 Å². The van der Waals surface area contributed by atoms with E-state index in [1.54, 1.807) is 0 Å². The van der Waals surface area contributed by atoms with E-state index in [0.717, 1.165) is 17.1 Å². The predicted octanol–water partition coefficient (Wildman–Crippen LogP) is 3.06. The van der Waals surface area contributed by atoms with Gasteiger partial charge in [0.05, 0.1) is 33.1 Å². The number of hydrogen-bond donors (Lipinski definition) is 1. The summed E-state index contributed by atoms with van der Waals surface area (Å²) < 4.78 is 1.88. The molecule has 0 aliphatic rings. The molecule has 0 unspecified atom stereocenters. The Morgan fingerprint density at radius 1 is 1.33 bits per heavy atom. The number of nitrogens with one attached hydrogen (secondary N) is 1. The lowest BCUT2D eigenvalue weighted by atomic mass is 10.2. The number of nitro groups is 1. The lowest BCUT2D eigenvalue weighted by Crippen LogP contribution is -2.24. The first-order valence-electron chi connectivity index (χ1n) is 7.10. The van der Waals surface area contributed by atoms with Gasteiger partial charge in [0.25, 0.3) is 11.6 Å². The molecule has 0 fully saturated rings. The van der Waals surface area contributed by atoms with Crippen LogP contribution in [0.4, 0.5) is 5.69 Å². The number of nitro benzene ring substituents is 1. The van der Waals surface area contributed by atoms with E-state index in [-0.39, 0.29) is 22.8 Å². The first-order chi connectivity index (χ1) is 11.5. The normalized spacial score (nSPS) is 10.8. The van der Waals surface area contributed by atoms with Crippen LogP contribution in [-0.4, -0.2) is 20.4 Å². The molecule has 1 N–H and O–H groups in total. The predicted molar refractivity (Wildman–Crippen MR) is 90.0 cm³/mol. The van der Waals surface area contributed by atoms with E-state index in [0.29, 0.717) is 5.82 Å². The number of carbonyl (C=O) groups is 1. The third-order valence-corrected chi connectivity index (χ3v) is 4.02. The lowest BCUT2D eigenvalue weighted by Gasteiger charge is -2.07. The monoisotopic (exact) mass is 344 g/mol. The average Bonchev–Trinajstić information content (AvgIpc) is 2.89. The van der Waals surface area contributed by atoms with E-state index in [1.165, 1.54) is 12.1 Å². The molecule has 8 heteroatoms. The fourth-order valence-electron chi connectivity index (χ4n) is 2.41. The molecule has 0 atom stereocenters. The van der Waals surface area contributed by atoms with E-state index in [2.05, 4.69) is 10.3 Å². The van der Waals surface area contributed by atoms with Gasteiger partial charge < -0.3 is 9.88 Å². The average molecular weight is 345 g/mol. The zero-order valence-corrected chi connectivity index (χ0v) is 13.4. The van der Waals surface area contributed by atoms with Crippen LogP contribution in [0.5, 0.6) is 0 Å². The maximum Gasteiger partial charge on any atom is 0.270 e. The molecule has 1 aromatic heterocycles. The number of imidazole rings is 1. The number of aryl methyl sites for hydroxylation is 1. The summed E-state index contributed by atoms with van der Waals surface area (Å²) in [5.41, 5.74) is 1.66. The summed E-state index contributed by atoms with van der Waals surface area (Å²) in [6.45, 7) is 0.184. The number of amides is 1. The van der Waals surface area contributed by atoms with Gasteiger partial charge in [0.1, 0.15) is 5.82 Å². The molecule has 0 saturated carbocycles. The van der Waals surface area contributed by atoms with Crippen LogP contribution in [0.3, 0.4) is 0 Å². The Morgan fingerprint density at radius 2 is 2.08 bits per heavy atom. The third-order valence-electron chi connectivity index (χ3n) is 3.69. The van der Waals surface area contributed by atoms with Crippen LogP contribution in [-0.2, 0) is 13.6 Å². The summed E-state index contributed by atoms with van der Waals surface area (Å²) in [5, 5.41) is 13.7. The van der Waals surface area contributed by atoms with Crippen LogP contribution in [0.2, 0.25) is 5.02 Å². The second-order valence-corrected chi connectivity index (χ2v) is 5.59. The Kier molecular flexibility index (Phi) is 4.18. The van der Waals surface area contributed by atoms with Crippen molar-refractivity contribution in [1.82, 2.24) is 14.9 Å². The van der Waals surface area contributed by atoms with Crippen molar-refractivity contribution in [3.05, 3.63) is 69.0 Å². The quantitative estimate of drug-likeness (QED) is 0.581. The second-order valence-electron chi connectivity index (χ2n) is 5.18. The zero-order valence-electron chi connectivity index (χ0n) is 12.7. The highest BCUT2D eigenvalue weighted by atomic mass is 35.5. The van der Waals surface area contributed by atoms with Crippen molar-refractivity contribution in [1.29, 1.82) is 0 Å². The summed E-state index contributed by atoms with van der Waals surface area (Å²) in [7, 11) is 1.86.